The minimum atomic E-state index is -0.486. The van der Waals surface area contributed by atoms with E-state index in [2.05, 4.69) is 6.58 Å². The zero-order chi connectivity index (χ0) is 7.40. The Morgan fingerprint density at radius 2 is 2.50 bits per heavy atom. The molecule has 1 aliphatic rings. The fourth-order valence-corrected chi connectivity index (χ4v) is 1.89. The second-order valence-corrected chi connectivity index (χ2v) is 4.11. The van der Waals surface area contributed by atoms with Crippen LogP contribution in [0.1, 0.15) is 12.8 Å². The van der Waals surface area contributed by atoms with Gasteiger partial charge in [-0.25, -0.2) is 0 Å². The van der Waals surface area contributed by atoms with Crippen molar-refractivity contribution in [2.75, 3.05) is 12.4 Å². The van der Waals surface area contributed by atoms with Crippen LogP contribution in [0.15, 0.2) is 12.8 Å². The number of ether oxygens (including phenoxy) is 1. The van der Waals surface area contributed by atoms with Crippen LogP contribution in [-0.4, -0.2) is 21.8 Å². The number of hydrogen-bond acceptors (Lipinski definition) is 2. The van der Waals surface area contributed by atoms with Crippen molar-refractivity contribution in [2.24, 2.45) is 0 Å². The van der Waals surface area contributed by atoms with E-state index in [4.69, 9.17) is 4.74 Å². The third-order valence-corrected chi connectivity index (χ3v) is 2.96. The summed E-state index contributed by atoms with van der Waals surface area (Å²) in [5.41, 5.74) is 0. The van der Waals surface area contributed by atoms with Gasteiger partial charge in [0, 0.05) is 21.8 Å². The van der Waals surface area contributed by atoms with Crippen LogP contribution in [0.4, 0.5) is 0 Å². The van der Waals surface area contributed by atoms with Crippen molar-refractivity contribution in [1.82, 2.24) is 0 Å². The largest absolute Gasteiger partial charge is 0.502 e. The highest BCUT2D eigenvalue weighted by molar-refractivity contribution is 7.92. The van der Waals surface area contributed by atoms with E-state index in [1.54, 1.807) is 0 Å². The minimum Gasteiger partial charge on any atom is -0.502 e. The first-order valence-corrected chi connectivity index (χ1v) is 4.82. The molecule has 2 nitrogen and oxygen atoms in total. The molecule has 0 N–H and O–H groups in total. The van der Waals surface area contributed by atoms with Crippen molar-refractivity contribution >= 4 is 10.8 Å². The molecule has 0 aromatic carbocycles. The van der Waals surface area contributed by atoms with Gasteiger partial charge in [-0.15, -0.1) is 0 Å². The molecule has 0 amide bonds. The Hall–Kier alpha value is -0.310. The van der Waals surface area contributed by atoms with E-state index in [1.807, 2.05) is 0 Å². The fraction of sp³-hybridized carbons (Fsp3) is 0.714. The molecule has 2 atom stereocenters. The van der Waals surface area contributed by atoms with Gasteiger partial charge < -0.3 is 4.74 Å². The molecule has 1 saturated heterocycles. The molecule has 1 fully saturated rings. The predicted molar refractivity (Wildman–Crippen MR) is 42.2 cm³/mol. The second-order valence-electron chi connectivity index (χ2n) is 2.35. The van der Waals surface area contributed by atoms with Crippen LogP contribution in [0.25, 0.3) is 0 Å². The summed E-state index contributed by atoms with van der Waals surface area (Å²) in [5.74, 6) is 0.911. The fourth-order valence-electron chi connectivity index (χ4n) is 0.836. The first-order chi connectivity index (χ1) is 4.84. The molecule has 10 heavy (non-hydrogen) atoms. The highest BCUT2D eigenvalue weighted by Gasteiger charge is 2.31. The van der Waals surface area contributed by atoms with Crippen LogP contribution in [0.5, 0.6) is 0 Å². The Balaban J connectivity index is 1.86. The van der Waals surface area contributed by atoms with Gasteiger partial charge in [0.05, 0.1) is 12.9 Å². The van der Waals surface area contributed by atoms with Gasteiger partial charge in [0.15, 0.2) is 0 Å². The van der Waals surface area contributed by atoms with Gasteiger partial charge in [0.1, 0.15) is 0 Å². The smallest absolute Gasteiger partial charge is 0.0873 e. The van der Waals surface area contributed by atoms with E-state index in [0.29, 0.717) is 5.25 Å². The topological polar surface area (TPSA) is 26.3 Å². The van der Waals surface area contributed by atoms with Gasteiger partial charge in [-0.3, -0.25) is 4.21 Å². The molecule has 0 spiro atoms. The Bertz CT molecular complexity index is 145. The highest BCUT2D eigenvalue weighted by Crippen LogP contribution is 2.20. The van der Waals surface area contributed by atoms with E-state index < -0.39 is 10.8 Å². The van der Waals surface area contributed by atoms with Gasteiger partial charge >= 0.3 is 0 Å². The molecule has 0 aliphatic carbocycles. The molecule has 1 rings (SSSR count). The Kier molecular flexibility index (Phi) is 2.93. The maximum absolute atomic E-state index is 10.6. The number of hydrogen-bond donors (Lipinski definition) is 0. The first kappa shape index (κ1) is 7.79. The molecule has 2 unspecified atom stereocenters. The lowest BCUT2D eigenvalue weighted by atomic mass is 10.3. The van der Waals surface area contributed by atoms with Crippen molar-refractivity contribution in [1.29, 1.82) is 0 Å². The van der Waals surface area contributed by atoms with Gasteiger partial charge in [0.25, 0.3) is 0 Å². The third-order valence-electron chi connectivity index (χ3n) is 1.51. The third kappa shape index (κ3) is 2.52. The summed E-state index contributed by atoms with van der Waals surface area (Å²) >= 11 is 0. The Morgan fingerprint density at radius 3 is 3.00 bits per heavy atom. The molecule has 0 saturated carbocycles. The predicted octanol–water partition coefficient (Wildman–Crippen LogP) is 1.06. The van der Waals surface area contributed by atoms with Crippen molar-refractivity contribution < 1.29 is 8.95 Å². The Morgan fingerprint density at radius 1 is 1.80 bits per heavy atom. The maximum atomic E-state index is 10.6. The summed E-state index contributed by atoms with van der Waals surface area (Å²) in [7, 11) is -0.486. The van der Waals surface area contributed by atoms with Crippen LogP contribution in [0, 0.1) is 0 Å². The average Bonchev–Trinajstić information content (AvgIpc) is 2.60. The van der Waals surface area contributed by atoms with E-state index in [1.165, 1.54) is 6.26 Å². The van der Waals surface area contributed by atoms with E-state index in [-0.39, 0.29) is 0 Å². The molecular weight excluding hydrogens is 148 g/mol. The zero-order valence-electron chi connectivity index (χ0n) is 5.91. The lowest BCUT2D eigenvalue weighted by Gasteiger charge is -1.96. The van der Waals surface area contributed by atoms with Gasteiger partial charge in [0.2, 0.25) is 0 Å². The van der Waals surface area contributed by atoms with E-state index in [9.17, 15) is 4.21 Å². The number of rotatable bonds is 5. The van der Waals surface area contributed by atoms with Crippen LogP contribution in [0.2, 0.25) is 0 Å². The zero-order valence-corrected chi connectivity index (χ0v) is 6.73. The molecular formula is C7H12O2S. The van der Waals surface area contributed by atoms with Crippen molar-refractivity contribution in [3.05, 3.63) is 12.8 Å². The van der Waals surface area contributed by atoms with Gasteiger partial charge in [-0.2, -0.15) is 0 Å². The Labute approximate surface area is 63.7 Å². The van der Waals surface area contributed by atoms with Gasteiger partial charge in [-0.05, 0) is 12.8 Å². The average molecular weight is 160 g/mol. The molecule has 1 heterocycles. The van der Waals surface area contributed by atoms with E-state index in [0.717, 1.165) is 25.2 Å². The summed E-state index contributed by atoms with van der Waals surface area (Å²) < 4.78 is 15.5. The summed E-state index contributed by atoms with van der Waals surface area (Å²) in [6.45, 7) is 4.15. The molecule has 0 aromatic heterocycles. The normalized spacial score (nSPS) is 29.6. The van der Waals surface area contributed by atoms with Crippen molar-refractivity contribution in [3.63, 3.8) is 0 Å². The lowest BCUT2D eigenvalue weighted by Crippen LogP contribution is -1.91. The molecule has 1 aliphatic heterocycles. The summed E-state index contributed by atoms with van der Waals surface area (Å²) in [6.07, 6.45) is 3.49. The molecule has 0 bridgehead atoms. The maximum Gasteiger partial charge on any atom is 0.0873 e. The van der Waals surface area contributed by atoms with Crippen LogP contribution in [0.3, 0.4) is 0 Å². The SMILES string of the molecule is C=COCCCC1CS1=O. The molecule has 0 radical (unpaired) electrons. The minimum absolute atomic E-state index is 0.480. The highest BCUT2D eigenvalue weighted by atomic mass is 32.2. The molecule has 3 heteroatoms. The molecule has 58 valence electrons. The first-order valence-electron chi connectivity index (χ1n) is 3.44. The van der Waals surface area contributed by atoms with Crippen LogP contribution < -0.4 is 0 Å². The quantitative estimate of drug-likeness (QED) is 0.341. The monoisotopic (exact) mass is 160 g/mol. The second kappa shape index (κ2) is 3.76. The van der Waals surface area contributed by atoms with E-state index >= 15 is 0 Å². The van der Waals surface area contributed by atoms with Crippen LogP contribution >= 0.6 is 0 Å². The molecule has 0 aromatic rings. The summed E-state index contributed by atoms with van der Waals surface area (Å²) in [4.78, 5) is 0. The summed E-state index contributed by atoms with van der Waals surface area (Å²) in [6, 6.07) is 0. The van der Waals surface area contributed by atoms with Crippen LogP contribution in [-0.2, 0) is 15.5 Å². The standard InChI is InChI=1S/C7H12O2S/c1-2-9-5-3-4-7-6-10(7)8/h2,7H,1,3-6H2. The van der Waals surface area contributed by atoms with Crippen molar-refractivity contribution in [3.8, 4) is 0 Å². The summed E-state index contributed by atoms with van der Waals surface area (Å²) in [5, 5.41) is 0.480. The lowest BCUT2D eigenvalue weighted by molar-refractivity contribution is 0.244. The van der Waals surface area contributed by atoms with Crippen molar-refractivity contribution in [2.45, 2.75) is 18.1 Å². The van der Waals surface area contributed by atoms with Gasteiger partial charge in [-0.1, -0.05) is 6.58 Å².